The number of hydrogen-bond acceptors (Lipinski definition) is 3. The lowest BCUT2D eigenvalue weighted by molar-refractivity contribution is 0.332. The van der Waals surface area contributed by atoms with Crippen molar-refractivity contribution < 1.29 is 4.42 Å². The van der Waals surface area contributed by atoms with E-state index in [4.69, 9.17) is 4.42 Å². The maximum Gasteiger partial charge on any atom is 0.333 e. The zero-order valence-corrected chi connectivity index (χ0v) is 41.2. The van der Waals surface area contributed by atoms with Gasteiger partial charge in [-0.05, 0) is 145 Å². The highest BCUT2D eigenvalue weighted by molar-refractivity contribution is 7.25. The normalized spacial score (nSPS) is 17.1. The highest BCUT2D eigenvalue weighted by Crippen LogP contribution is 2.54. The summed E-state index contributed by atoms with van der Waals surface area (Å²) < 4.78 is 12.4. The first-order chi connectivity index (χ1) is 32.6. The van der Waals surface area contributed by atoms with Crippen molar-refractivity contribution in [3.05, 3.63) is 161 Å². The third-order valence-electron chi connectivity index (χ3n) is 17.4. The molecular formula is C63H53BN2OS. The summed E-state index contributed by atoms with van der Waals surface area (Å²) in [5.41, 5.74) is 23.2. The van der Waals surface area contributed by atoms with Crippen molar-refractivity contribution in [1.82, 2.24) is 4.57 Å². The van der Waals surface area contributed by atoms with Crippen molar-refractivity contribution in [2.75, 3.05) is 4.81 Å². The molecule has 0 saturated carbocycles. The third kappa shape index (κ3) is 4.91. The minimum absolute atomic E-state index is 0.0264. The second-order valence-corrected chi connectivity index (χ2v) is 24.6. The molecule has 15 rings (SSSR count). The number of benzene rings is 8. The van der Waals surface area contributed by atoms with Crippen LogP contribution in [0.25, 0.3) is 91.9 Å². The minimum Gasteiger partial charge on any atom is -0.456 e. The fourth-order valence-corrected chi connectivity index (χ4v) is 14.7. The topological polar surface area (TPSA) is 21.3 Å². The molecule has 2 aliphatic heterocycles. The predicted molar refractivity (Wildman–Crippen MR) is 292 cm³/mol. The number of rotatable bonds is 1. The molecule has 5 heterocycles. The Morgan fingerprint density at radius 2 is 1.25 bits per heavy atom. The van der Waals surface area contributed by atoms with Crippen LogP contribution in [0.3, 0.4) is 0 Å². The van der Waals surface area contributed by atoms with Crippen molar-refractivity contribution in [3.63, 3.8) is 0 Å². The summed E-state index contributed by atoms with van der Waals surface area (Å²) in [7, 11) is 0. The van der Waals surface area contributed by atoms with Gasteiger partial charge in [0.15, 0.2) is 0 Å². The van der Waals surface area contributed by atoms with E-state index in [0.29, 0.717) is 0 Å². The van der Waals surface area contributed by atoms with Crippen molar-refractivity contribution >= 4 is 104 Å². The van der Waals surface area contributed by atoms with E-state index in [1.165, 1.54) is 144 Å². The Kier molecular flexibility index (Phi) is 7.28. The molecule has 11 aromatic rings. The number of aromatic nitrogens is 1. The van der Waals surface area contributed by atoms with Gasteiger partial charge in [-0.25, -0.2) is 0 Å². The number of hydrogen-bond donors (Lipinski definition) is 0. The first kappa shape index (κ1) is 39.4. The fourth-order valence-electron chi connectivity index (χ4n) is 13.5. The van der Waals surface area contributed by atoms with E-state index >= 15 is 0 Å². The average Bonchev–Trinajstić information content (AvgIpc) is 4.03. The van der Waals surface area contributed by atoms with Crippen LogP contribution in [0.4, 0.5) is 11.4 Å². The summed E-state index contributed by atoms with van der Waals surface area (Å²) >= 11 is 1.91. The zero-order valence-electron chi connectivity index (χ0n) is 40.4. The Morgan fingerprint density at radius 1 is 0.529 bits per heavy atom. The van der Waals surface area contributed by atoms with E-state index in [1.54, 1.807) is 0 Å². The van der Waals surface area contributed by atoms with E-state index in [0.717, 1.165) is 11.2 Å². The lowest BCUT2D eigenvalue weighted by Gasteiger charge is -2.42. The molecule has 0 bridgehead atoms. The quantitative estimate of drug-likeness (QED) is 0.153. The van der Waals surface area contributed by atoms with Gasteiger partial charge in [-0.3, -0.25) is 0 Å². The van der Waals surface area contributed by atoms with Crippen LogP contribution >= 0.6 is 11.3 Å². The van der Waals surface area contributed by atoms with Gasteiger partial charge in [-0.15, -0.1) is 11.3 Å². The van der Waals surface area contributed by atoms with Crippen LogP contribution < -0.4 is 15.7 Å². The van der Waals surface area contributed by atoms with Crippen LogP contribution in [0.15, 0.2) is 138 Å². The molecular weight excluding hydrogens is 844 g/mol. The van der Waals surface area contributed by atoms with Gasteiger partial charge in [-0.1, -0.05) is 135 Å². The lowest BCUT2D eigenvalue weighted by atomic mass is 9.43. The van der Waals surface area contributed by atoms with Crippen LogP contribution in [0, 0.1) is 0 Å². The summed E-state index contributed by atoms with van der Waals surface area (Å²) in [6.07, 6.45) is 2.34. The Hall–Kier alpha value is -6.56. The molecule has 0 saturated heterocycles. The summed E-state index contributed by atoms with van der Waals surface area (Å²) in [6, 6.07) is 52.4. The van der Waals surface area contributed by atoms with Gasteiger partial charge in [0.2, 0.25) is 0 Å². The summed E-state index contributed by atoms with van der Waals surface area (Å²) in [5.74, 6) is 0. The fraction of sp³-hybridized carbons (Fsp3) is 0.238. The van der Waals surface area contributed by atoms with Crippen molar-refractivity contribution in [2.45, 2.75) is 96.8 Å². The number of nitrogens with zero attached hydrogens (tertiary/aromatic N) is 2. The molecule has 3 aromatic heterocycles. The summed E-state index contributed by atoms with van der Waals surface area (Å²) in [6.45, 7) is 21.4. The summed E-state index contributed by atoms with van der Waals surface area (Å²) in [5, 5.41) is 7.68. The summed E-state index contributed by atoms with van der Waals surface area (Å²) in [4.78, 5) is 2.71. The van der Waals surface area contributed by atoms with Crippen molar-refractivity contribution in [2.24, 2.45) is 0 Å². The van der Waals surface area contributed by atoms with E-state index in [-0.39, 0.29) is 28.5 Å². The number of furan rings is 1. The SMILES string of the molecule is CC(C)(C)c1ccc(N2B3c4cc5c(cc4-n4c6cc7sc8ccccc8c7cc6c6ccc(c3c64)-c3cc4oc6cc7c(cc6c4cc32)C(C)(C)CCC7(C)C)C(C)(C)c2ccccc2-5)cc1. The lowest BCUT2D eigenvalue weighted by Crippen LogP contribution is -2.60. The monoisotopic (exact) mass is 896 g/mol. The Balaban J connectivity index is 1.09. The van der Waals surface area contributed by atoms with Gasteiger partial charge in [0.25, 0.3) is 0 Å². The maximum absolute atomic E-state index is 7.06. The molecule has 0 atom stereocenters. The Bertz CT molecular complexity index is 4110. The number of fused-ring (bicyclic) bond motifs is 18. The highest BCUT2D eigenvalue weighted by atomic mass is 32.1. The molecule has 0 radical (unpaired) electrons. The van der Waals surface area contributed by atoms with Crippen LogP contribution in [0.5, 0.6) is 0 Å². The van der Waals surface area contributed by atoms with E-state index in [1.807, 2.05) is 11.3 Å². The second kappa shape index (κ2) is 12.6. The minimum atomic E-state index is -0.150. The van der Waals surface area contributed by atoms with Crippen molar-refractivity contribution in [1.29, 1.82) is 0 Å². The molecule has 2 aliphatic carbocycles. The van der Waals surface area contributed by atoms with Gasteiger partial charge in [-0.2, -0.15) is 0 Å². The molecule has 3 nitrogen and oxygen atoms in total. The van der Waals surface area contributed by atoms with Crippen LogP contribution in [-0.2, 0) is 21.7 Å². The molecule has 8 aromatic carbocycles. The molecule has 0 N–H and O–H groups in total. The molecule has 5 heteroatoms. The van der Waals surface area contributed by atoms with Gasteiger partial charge < -0.3 is 13.8 Å². The number of anilines is 2. The molecule has 0 spiro atoms. The first-order valence-electron chi connectivity index (χ1n) is 24.7. The van der Waals surface area contributed by atoms with Gasteiger partial charge in [0.05, 0.1) is 11.0 Å². The smallest absolute Gasteiger partial charge is 0.333 e. The van der Waals surface area contributed by atoms with Gasteiger partial charge in [0.1, 0.15) is 11.2 Å². The predicted octanol–water partition coefficient (Wildman–Crippen LogP) is 16.2. The Morgan fingerprint density at radius 3 is 2.04 bits per heavy atom. The number of thiophene rings is 1. The van der Waals surface area contributed by atoms with E-state index in [2.05, 4.69) is 205 Å². The average molecular weight is 897 g/mol. The molecule has 4 aliphatic rings. The largest absolute Gasteiger partial charge is 0.456 e. The highest BCUT2D eigenvalue weighted by Gasteiger charge is 2.47. The van der Waals surface area contributed by atoms with Gasteiger partial charge >= 0.3 is 6.85 Å². The standard InChI is InChI=1S/C63H53BN2OS/c1-60(2,3)34-18-20-35(21-19-34)66-52-29-44-43-27-48-49(62(6,7)25-24-61(48,4)5)32-55(43)67-54(44)30-42(52)38-22-23-39-41-26-45-37-15-11-13-17-56(37)68-57(45)33-51(41)65-53-31-47-40(28-50(53)64(66)58(38)59(39)65)36-14-10-12-16-46(36)63(47,8)9/h10-23,26-33H,24-25H2,1-9H3. The van der Waals surface area contributed by atoms with Crippen molar-refractivity contribution in [3.8, 4) is 27.9 Å². The first-order valence-corrected chi connectivity index (χ1v) is 25.5. The molecule has 68 heavy (non-hydrogen) atoms. The molecule has 0 fully saturated rings. The molecule has 0 unspecified atom stereocenters. The molecule has 0 amide bonds. The third-order valence-corrected chi connectivity index (χ3v) is 18.5. The Labute approximate surface area is 402 Å². The zero-order chi connectivity index (χ0) is 46.1. The van der Waals surface area contributed by atoms with Crippen LogP contribution in [0.2, 0.25) is 0 Å². The van der Waals surface area contributed by atoms with Crippen LogP contribution in [0.1, 0.15) is 103 Å². The van der Waals surface area contributed by atoms with E-state index < -0.39 is 0 Å². The van der Waals surface area contributed by atoms with Crippen LogP contribution in [-0.4, -0.2) is 11.4 Å². The maximum atomic E-state index is 7.06. The van der Waals surface area contributed by atoms with E-state index in [9.17, 15) is 0 Å². The molecule has 330 valence electrons. The second-order valence-electron chi connectivity index (χ2n) is 23.5. The van der Waals surface area contributed by atoms with Gasteiger partial charge in [0, 0.05) is 69.8 Å².